The van der Waals surface area contributed by atoms with Crippen molar-refractivity contribution in [2.24, 2.45) is 0 Å². The van der Waals surface area contributed by atoms with Crippen molar-refractivity contribution in [1.82, 2.24) is 10.0 Å². The molecule has 0 radical (unpaired) electrons. The molecule has 0 saturated carbocycles. The number of carbonyl (C=O) groups excluding carboxylic acids is 2. The Bertz CT molecular complexity index is 880. The first kappa shape index (κ1) is 20.8. The van der Waals surface area contributed by atoms with Crippen LogP contribution in [-0.4, -0.2) is 33.2 Å². The van der Waals surface area contributed by atoms with E-state index in [0.29, 0.717) is 12.1 Å². The number of ketones is 1. The van der Waals surface area contributed by atoms with Crippen molar-refractivity contribution >= 4 is 21.7 Å². The predicted octanol–water partition coefficient (Wildman–Crippen LogP) is 2.31. The topological polar surface area (TPSA) is 92.3 Å². The number of sulfonamides is 1. The van der Waals surface area contributed by atoms with Gasteiger partial charge in [0.1, 0.15) is 0 Å². The Kier molecular flexibility index (Phi) is 7.69. The third-order valence-corrected chi connectivity index (χ3v) is 5.46. The summed E-state index contributed by atoms with van der Waals surface area (Å²) < 4.78 is 26.9. The van der Waals surface area contributed by atoms with Gasteiger partial charge in [0.25, 0.3) is 0 Å². The predicted molar refractivity (Wildman–Crippen MR) is 104 cm³/mol. The monoisotopic (exact) mass is 388 g/mol. The third-order valence-electron chi connectivity index (χ3n) is 4.00. The lowest BCUT2D eigenvalue weighted by Gasteiger charge is -2.08. The number of rotatable bonds is 10. The molecule has 0 aliphatic rings. The van der Waals surface area contributed by atoms with Gasteiger partial charge in [0.2, 0.25) is 15.9 Å². The maximum absolute atomic E-state index is 12.3. The van der Waals surface area contributed by atoms with Crippen LogP contribution in [-0.2, 0) is 21.2 Å². The van der Waals surface area contributed by atoms with Gasteiger partial charge < -0.3 is 5.32 Å². The highest BCUT2D eigenvalue weighted by atomic mass is 32.2. The average Bonchev–Trinajstić information content (AvgIpc) is 2.66. The van der Waals surface area contributed by atoms with E-state index in [1.54, 1.807) is 6.07 Å². The molecule has 7 heteroatoms. The summed E-state index contributed by atoms with van der Waals surface area (Å²) in [6.07, 6.45) is 1.75. The molecular weight excluding hydrogens is 364 g/mol. The number of nitrogens with one attached hydrogen (secondary N) is 2. The molecule has 0 saturated heterocycles. The molecule has 2 rings (SSSR count). The average molecular weight is 388 g/mol. The number of aryl methyl sites for hydroxylation is 1. The first-order chi connectivity index (χ1) is 12.9. The van der Waals surface area contributed by atoms with E-state index in [1.807, 2.05) is 30.3 Å². The largest absolute Gasteiger partial charge is 0.356 e. The Morgan fingerprint density at radius 3 is 2.41 bits per heavy atom. The summed E-state index contributed by atoms with van der Waals surface area (Å²) in [4.78, 5) is 23.2. The van der Waals surface area contributed by atoms with Crippen LogP contribution >= 0.6 is 0 Å². The van der Waals surface area contributed by atoms with Gasteiger partial charge in [-0.3, -0.25) is 9.59 Å². The zero-order chi connectivity index (χ0) is 19.7. The number of carbonyl (C=O) groups is 2. The Morgan fingerprint density at radius 2 is 1.70 bits per heavy atom. The molecule has 2 aromatic rings. The lowest BCUT2D eigenvalue weighted by Crippen LogP contribution is -2.31. The van der Waals surface area contributed by atoms with Gasteiger partial charge in [0.15, 0.2) is 5.78 Å². The first-order valence-electron chi connectivity index (χ1n) is 8.80. The molecule has 0 spiro atoms. The van der Waals surface area contributed by atoms with E-state index in [0.717, 1.165) is 12.8 Å². The van der Waals surface area contributed by atoms with Crippen LogP contribution in [0.3, 0.4) is 0 Å². The summed E-state index contributed by atoms with van der Waals surface area (Å²) in [5.41, 5.74) is 1.54. The van der Waals surface area contributed by atoms with Crippen molar-refractivity contribution in [3.05, 3.63) is 65.7 Å². The molecule has 0 heterocycles. The Balaban J connectivity index is 1.72. The van der Waals surface area contributed by atoms with E-state index < -0.39 is 10.0 Å². The van der Waals surface area contributed by atoms with Gasteiger partial charge in [-0.25, -0.2) is 13.1 Å². The van der Waals surface area contributed by atoms with Crippen LogP contribution in [0.2, 0.25) is 0 Å². The third kappa shape index (κ3) is 6.96. The van der Waals surface area contributed by atoms with Crippen molar-refractivity contribution in [2.75, 3.05) is 13.1 Å². The van der Waals surface area contributed by atoms with Crippen LogP contribution in [0, 0.1) is 0 Å². The van der Waals surface area contributed by atoms with Crippen molar-refractivity contribution in [3.63, 3.8) is 0 Å². The van der Waals surface area contributed by atoms with Crippen LogP contribution in [0.5, 0.6) is 0 Å². The lowest BCUT2D eigenvalue weighted by molar-refractivity contribution is -0.120. The number of amides is 1. The minimum atomic E-state index is -3.76. The molecule has 0 aliphatic heterocycles. The highest BCUT2D eigenvalue weighted by molar-refractivity contribution is 7.89. The summed E-state index contributed by atoms with van der Waals surface area (Å²) in [6, 6.07) is 15.8. The van der Waals surface area contributed by atoms with Gasteiger partial charge in [-0.1, -0.05) is 42.5 Å². The van der Waals surface area contributed by atoms with Crippen molar-refractivity contribution in [3.8, 4) is 0 Å². The summed E-state index contributed by atoms with van der Waals surface area (Å²) in [6.45, 7) is 1.92. The van der Waals surface area contributed by atoms with Gasteiger partial charge in [-0.2, -0.15) is 0 Å². The van der Waals surface area contributed by atoms with E-state index in [1.165, 1.54) is 30.7 Å². The van der Waals surface area contributed by atoms with E-state index in [4.69, 9.17) is 0 Å². The first-order valence-corrected chi connectivity index (χ1v) is 10.3. The zero-order valence-electron chi connectivity index (χ0n) is 15.3. The Hall–Kier alpha value is -2.51. The lowest BCUT2D eigenvalue weighted by atomic mass is 10.1. The van der Waals surface area contributed by atoms with Crippen LogP contribution in [0.4, 0.5) is 0 Å². The second-order valence-corrected chi connectivity index (χ2v) is 7.94. The van der Waals surface area contributed by atoms with Gasteiger partial charge in [0.05, 0.1) is 4.90 Å². The number of hydrogen-bond donors (Lipinski definition) is 2. The normalized spacial score (nSPS) is 11.1. The quantitative estimate of drug-likeness (QED) is 0.483. The maximum atomic E-state index is 12.3. The molecule has 0 aromatic heterocycles. The van der Waals surface area contributed by atoms with E-state index >= 15 is 0 Å². The van der Waals surface area contributed by atoms with Crippen molar-refractivity contribution < 1.29 is 18.0 Å². The van der Waals surface area contributed by atoms with Gasteiger partial charge in [0, 0.05) is 25.1 Å². The Morgan fingerprint density at radius 1 is 0.963 bits per heavy atom. The smallest absolute Gasteiger partial charge is 0.240 e. The fourth-order valence-corrected chi connectivity index (χ4v) is 3.60. The van der Waals surface area contributed by atoms with E-state index in [-0.39, 0.29) is 29.6 Å². The van der Waals surface area contributed by atoms with Crippen molar-refractivity contribution in [2.45, 2.75) is 31.1 Å². The van der Waals surface area contributed by atoms with Crippen LogP contribution in [0.25, 0.3) is 0 Å². The molecule has 6 nitrogen and oxygen atoms in total. The zero-order valence-corrected chi connectivity index (χ0v) is 16.1. The van der Waals surface area contributed by atoms with Crippen LogP contribution < -0.4 is 10.0 Å². The molecule has 0 atom stereocenters. The summed E-state index contributed by atoms with van der Waals surface area (Å²) in [5.74, 6) is -0.412. The van der Waals surface area contributed by atoms with Crippen LogP contribution in [0.1, 0.15) is 35.7 Å². The number of benzene rings is 2. The maximum Gasteiger partial charge on any atom is 0.240 e. The number of hydrogen-bond acceptors (Lipinski definition) is 4. The molecule has 0 unspecified atom stereocenters. The minimum absolute atomic E-state index is 0.00283. The molecule has 144 valence electrons. The molecule has 0 fully saturated rings. The molecular formula is C20H24N2O4S. The van der Waals surface area contributed by atoms with Crippen LogP contribution in [0.15, 0.2) is 59.5 Å². The second kappa shape index (κ2) is 9.99. The summed E-state index contributed by atoms with van der Waals surface area (Å²) in [5, 5.41) is 2.78. The SMILES string of the molecule is CC(=O)c1cccc(S(=O)(=O)NCCC(=O)NCCCc2ccccc2)c1. The standard InChI is InChI=1S/C20H24N2O4S/c1-16(23)18-10-5-11-19(15-18)27(25,26)22-14-12-20(24)21-13-6-9-17-7-3-2-4-8-17/h2-5,7-8,10-11,15,22H,6,9,12-14H2,1H3,(H,21,24). The Labute approximate surface area is 160 Å². The van der Waals surface area contributed by atoms with Gasteiger partial charge in [-0.05, 0) is 37.5 Å². The fraction of sp³-hybridized carbons (Fsp3) is 0.300. The summed E-state index contributed by atoms with van der Waals surface area (Å²) in [7, 11) is -3.76. The molecule has 0 bridgehead atoms. The summed E-state index contributed by atoms with van der Waals surface area (Å²) >= 11 is 0. The fourth-order valence-electron chi connectivity index (χ4n) is 2.52. The van der Waals surface area contributed by atoms with E-state index in [2.05, 4.69) is 10.0 Å². The molecule has 1 amide bonds. The highest BCUT2D eigenvalue weighted by Crippen LogP contribution is 2.12. The molecule has 2 aromatic carbocycles. The minimum Gasteiger partial charge on any atom is -0.356 e. The molecule has 27 heavy (non-hydrogen) atoms. The number of Topliss-reactive ketones (excluding diaryl/α,β-unsaturated/α-hetero) is 1. The van der Waals surface area contributed by atoms with Crippen molar-refractivity contribution in [1.29, 1.82) is 0 Å². The highest BCUT2D eigenvalue weighted by Gasteiger charge is 2.15. The molecule has 0 aliphatic carbocycles. The van der Waals surface area contributed by atoms with Gasteiger partial charge in [-0.15, -0.1) is 0 Å². The van der Waals surface area contributed by atoms with Gasteiger partial charge >= 0.3 is 0 Å². The molecule has 2 N–H and O–H groups in total. The van der Waals surface area contributed by atoms with E-state index in [9.17, 15) is 18.0 Å². The second-order valence-electron chi connectivity index (χ2n) is 6.17.